The highest BCUT2D eigenvalue weighted by Crippen LogP contribution is 2.26. The molecule has 1 amide bonds. The number of hydrogen-bond donors (Lipinski definition) is 1. The minimum atomic E-state index is -0.260. The highest BCUT2D eigenvalue weighted by molar-refractivity contribution is 7.10. The number of rotatable bonds is 5. The van der Waals surface area contributed by atoms with E-state index in [1.165, 1.54) is 0 Å². The molecule has 1 aromatic carbocycles. The molecule has 25 heavy (non-hydrogen) atoms. The molecule has 0 bridgehead atoms. The van der Waals surface area contributed by atoms with Crippen molar-refractivity contribution < 1.29 is 13.7 Å². The van der Waals surface area contributed by atoms with Gasteiger partial charge in [-0.15, -0.1) is 11.3 Å². The molecule has 4 rings (SSSR count). The predicted octanol–water partition coefficient (Wildman–Crippen LogP) is 4.59. The molecule has 0 spiro atoms. The summed E-state index contributed by atoms with van der Waals surface area (Å²) in [4.78, 5) is 13.3. The molecule has 1 N–H and O–H groups in total. The molecule has 0 aliphatic rings. The number of aromatic nitrogens is 1. The molecule has 0 saturated heterocycles. The first kappa shape index (κ1) is 15.4. The fourth-order valence-corrected chi connectivity index (χ4v) is 3.27. The monoisotopic (exact) mass is 350 g/mol. The Morgan fingerprint density at radius 3 is 2.76 bits per heavy atom. The average Bonchev–Trinajstić information content (AvgIpc) is 3.41. The lowest BCUT2D eigenvalue weighted by Crippen LogP contribution is -2.22. The van der Waals surface area contributed by atoms with Gasteiger partial charge in [0.15, 0.2) is 11.5 Å². The largest absolute Gasteiger partial charge is 0.472 e. The summed E-state index contributed by atoms with van der Waals surface area (Å²) in [5, 5.41) is 8.76. The summed E-state index contributed by atoms with van der Waals surface area (Å²) in [5.41, 5.74) is 3.26. The molecular weight excluding hydrogens is 336 g/mol. The van der Waals surface area contributed by atoms with Crippen LogP contribution in [0, 0.1) is 0 Å². The van der Waals surface area contributed by atoms with Crippen molar-refractivity contribution in [2.24, 2.45) is 0 Å². The first-order chi connectivity index (χ1) is 12.3. The quantitative estimate of drug-likeness (QED) is 0.571. The van der Waals surface area contributed by atoms with E-state index < -0.39 is 0 Å². The van der Waals surface area contributed by atoms with E-state index in [4.69, 9.17) is 8.94 Å². The maximum atomic E-state index is 12.3. The third kappa shape index (κ3) is 3.39. The molecule has 3 aromatic heterocycles. The number of amides is 1. The van der Waals surface area contributed by atoms with Crippen LogP contribution in [0.15, 0.2) is 75.4 Å². The van der Waals surface area contributed by atoms with Gasteiger partial charge in [0, 0.05) is 22.1 Å². The standard InChI is InChI=1S/C19H14N2O3S/c22-19(17-9-18(24-21-17)13-4-2-1-3-5-13)20-10-16-8-15(12-25-16)14-6-7-23-11-14/h1-9,11-12H,10H2,(H,20,22). The summed E-state index contributed by atoms with van der Waals surface area (Å²) in [6, 6.07) is 15.1. The van der Waals surface area contributed by atoms with Crippen LogP contribution in [0.4, 0.5) is 0 Å². The Morgan fingerprint density at radius 2 is 1.96 bits per heavy atom. The van der Waals surface area contributed by atoms with Gasteiger partial charge in [0.1, 0.15) is 0 Å². The zero-order valence-electron chi connectivity index (χ0n) is 13.1. The molecule has 4 aromatic rings. The van der Waals surface area contributed by atoms with Crippen molar-refractivity contribution in [1.82, 2.24) is 10.5 Å². The number of benzene rings is 1. The van der Waals surface area contributed by atoms with Gasteiger partial charge in [0.25, 0.3) is 5.91 Å². The number of hydrogen-bond acceptors (Lipinski definition) is 5. The van der Waals surface area contributed by atoms with Crippen molar-refractivity contribution in [1.29, 1.82) is 0 Å². The Morgan fingerprint density at radius 1 is 1.08 bits per heavy atom. The Labute approximate surface area is 147 Å². The van der Waals surface area contributed by atoms with Gasteiger partial charge >= 0.3 is 0 Å². The molecule has 0 fully saturated rings. The number of thiophene rings is 1. The van der Waals surface area contributed by atoms with Crippen molar-refractivity contribution in [2.75, 3.05) is 0 Å². The van der Waals surface area contributed by atoms with Crippen LogP contribution >= 0.6 is 11.3 Å². The number of nitrogens with zero attached hydrogens (tertiary/aromatic N) is 1. The zero-order chi connectivity index (χ0) is 17.1. The lowest BCUT2D eigenvalue weighted by atomic mass is 10.1. The van der Waals surface area contributed by atoms with E-state index in [0.717, 1.165) is 21.6 Å². The number of nitrogens with one attached hydrogen (secondary N) is 1. The summed E-state index contributed by atoms with van der Waals surface area (Å²) in [6.45, 7) is 0.439. The third-order valence-corrected chi connectivity index (χ3v) is 4.67. The van der Waals surface area contributed by atoms with Crippen LogP contribution in [0.25, 0.3) is 22.5 Å². The lowest BCUT2D eigenvalue weighted by molar-refractivity contribution is 0.0942. The van der Waals surface area contributed by atoms with Gasteiger partial charge in [0.2, 0.25) is 0 Å². The first-order valence-corrected chi connectivity index (χ1v) is 8.58. The van der Waals surface area contributed by atoms with Gasteiger partial charge in [-0.25, -0.2) is 0 Å². The van der Waals surface area contributed by atoms with Gasteiger partial charge in [-0.05, 0) is 23.1 Å². The molecule has 0 aliphatic heterocycles. The topological polar surface area (TPSA) is 68.3 Å². The van der Waals surface area contributed by atoms with E-state index in [-0.39, 0.29) is 11.6 Å². The highest BCUT2D eigenvalue weighted by Gasteiger charge is 2.14. The second kappa shape index (κ2) is 6.78. The fraction of sp³-hybridized carbons (Fsp3) is 0.0526. The van der Waals surface area contributed by atoms with E-state index in [0.29, 0.717) is 12.3 Å². The van der Waals surface area contributed by atoms with Crippen molar-refractivity contribution in [2.45, 2.75) is 6.54 Å². The van der Waals surface area contributed by atoms with E-state index in [1.807, 2.05) is 47.8 Å². The van der Waals surface area contributed by atoms with Crippen LogP contribution in [0.1, 0.15) is 15.4 Å². The summed E-state index contributed by atoms with van der Waals surface area (Å²) >= 11 is 1.59. The van der Waals surface area contributed by atoms with E-state index in [2.05, 4.69) is 10.5 Å². The molecular formula is C19H14N2O3S. The lowest BCUT2D eigenvalue weighted by Gasteiger charge is -1.99. The number of carbonyl (C=O) groups is 1. The van der Waals surface area contributed by atoms with Crippen molar-refractivity contribution in [3.05, 3.63) is 77.0 Å². The Hall–Kier alpha value is -3.12. The maximum Gasteiger partial charge on any atom is 0.273 e. The minimum Gasteiger partial charge on any atom is -0.472 e. The van der Waals surface area contributed by atoms with E-state index in [9.17, 15) is 4.79 Å². The van der Waals surface area contributed by atoms with Crippen LogP contribution in [-0.4, -0.2) is 11.1 Å². The summed E-state index contributed by atoms with van der Waals surface area (Å²) in [5.74, 6) is 0.313. The summed E-state index contributed by atoms with van der Waals surface area (Å²) in [7, 11) is 0. The van der Waals surface area contributed by atoms with E-state index >= 15 is 0 Å². The second-order valence-corrected chi connectivity index (χ2v) is 6.43. The predicted molar refractivity (Wildman–Crippen MR) is 95.1 cm³/mol. The molecule has 0 unspecified atom stereocenters. The molecule has 0 radical (unpaired) electrons. The van der Waals surface area contributed by atoms with Crippen molar-refractivity contribution >= 4 is 17.2 Å². The Kier molecular flexibility index (Phi) is 4.18. The number of furan rings is 1. The first-order valence-electron chi connectivity index (χ1n) is 7.70. The van der Waals surface area contributed by atoms with Gasteiger partial charge in [-0.3, -0.25) is 4.79 Å². The molecule has 124 valence electrons. The molecule has 0 atom stereocenters. The fourth-order valence-electron chi connectivity index (χ4n) is 2.43. The van der Waals surface area contributed by atoms with Gasteiger partial charge in [-0.2, -0.15) is 0 Å². The van der Waals surface area contributed by atoms with Crippen molar-refractivity contribution in [3.8, 4) is 22.5 Å². The van der Waals surface area contributed by atoms with Crippen LogP contribution < -0.4 is 5.32 Å². The van der Waals surface area contributed by atoms with Crippen LogP contribution in [0.2, 0.25) is 0 Å². The smallest absolute Gasteiger partial charge is 0.273 e. The second-order valence-electron chi connectivity index (χ2n) is 5.44. The molecule has 3 heterocycles. The van der Waals surface area contributed by atoms with Crippen molar-refractivity contribution in [3.63, 3.8) is 0 Å². The van der Waals surface area contributed by atoms with E-state index in [1.54, 1.807) is 29.9 Å². The zero-order valence-corrected chi connectivity index (χ0v) is 14.0. The van der Waals surface area contributed by atoms with Gasteiger partial charge in [0.05, 0.1) is 19.1 Å². The third-order valence-electron chi connectivity index (χ3n) is 3.73. The molecule has 6 heteroatoms. The molecule has 0 aliphatic carbocycles. The normalized spacial score (nSPS) is 10.7. The SMILES string of the molecule is O=C(NCc1cc(-c2ccoc2)cs1)c1cc(-c2ccccc2)on1. The maximum absolute atomic E-state index is 12.3. The van der Waals surface area contributed by atoms with Gasteiger partial charge in [-0.1, -0.05) is 35.5 Å². The molecule has 5 nitrogen and oxygen atoms in total. The minimum absolute atomic E-state index is 0.260. The van der Waals surface area contributed by atoms with Gasteiger partial charge < -0.3 is 14.3 Å². The Balaban J connectivity index is 1.40. The highest BCUT2D eigenvalue weighted by atomic mass is 32.1. The van der Waals surface area contributed by atoms with Crippen LogP contribution in [-0.2, 0) is 6.54 Å². The van der Waals surface area contributed by atoms with Crippen LogP contribution in [0.3, 0.4) is 0 Å². The van der Waals surface area contributed by atoms with Crippen LogP contribution in [0.5, 0.6) is 0 Å². The Bertz CT molecular complexity index is 971. The average molecular weight is 350 g/mol. The summed E-state index contributed by atoms with van der Waals surface area (Å²) < 4.78 is 10.3. The number of carbonyl (C=O) groups excluding carboxylic acids is 1. The summed E-state index contributed by atoms with van der Waals surface area (Å²) in [6.07, 6.45) is 3.34. The molecule has 0 saturated carbocycles.